The van der Waals surface area contributed by atoms with Gasteiger partial charge < -0.3 is 15.1 Å². The van der Waals surface area contributed by atoms with Crippen LogP contribution in [-0.2, 0) is 41.1 Å². The van der Waals surface area contributed by atoms with Crippen LogP contribution in [-0.4, -0.2) is 43.6 Å². The first-order valence-electron chi connectivity index (χ1n) is 14.7. The third-order valence-corrected chi connectivity index (χ3v) is 8.36. The van der Waals surface area contributed by atoms with E-state index in [-0.39, 0.29) is 18.4 Å². The van der Waals surface area contributed by atoms with E-state index in [0.29, 0.717) is 43.6 Å². The fourth-order valence-corrected chi connectivity index (χ4v) is 6.03. The van der Waals surface area contributed by atoms with Crippen molar-refractivity contribution < 1.29 is 19.8 Å². The van der Waals surface area contributed by atoms with Gasteiger partial charge in [-0.25, -0.2) is 0 Å². The van der Waals surface area contributed by atoms with E-state index in [4.69, 9.17) is 5.11 Å². The molecule has 0 saturated heterocycles. The van der Waals surface area contributed by atoms with E-state index in [1.165, 1.54) is 0 Å². The number of aryl methyl sites for hydroxylation is 2. The molecule has 43 heavy (non-hydrogen) atoms. The average molecular weight is 578 g/mol. The van der Waals surface area contributed by atoms with E-state index in [0.717, 1.165) is 34.6 Å². The Kier molecular flexibility index (Phi) is 7.92. The minimum absolute atomic E-state index is 0.0289. The Balaban J connectivity index is 1.17. The van der Waals surface area contributed by atoms with Crippen molar-refractivity contribution >= 4 is 28.9 Å². The number of para-hydroxylation sites is 2. The summed E-state index contributed by atoms with van der Waals surface area (Å²) in [6.45, 7) is 2.77. The van der Waals surface area contributed by atoms with Crippen molar-refractivity contribution in [1.29, 1.82) is 0 Å². The molecule has 0 spiro atoms. The lowest BCUT2D eigenvalue weighted by Crippen LogP contribution is -2.44. The van der Waals surface area contributed by atoms with Crippen LogP contribution in [0, 0.1) is 5.92 Å². The van der Waals surface area contributed by atoms with Crippen molar-refractivity contribution in [2.75, 3.05) is 16.4 Å². The van der Waals surface area contributed by atoms with E-state index in [1.807, 2.05) is 92.0 Å². The molecular formula is C34H35N5O4. The summed E-state index contributed by atoms with van der Waals surface area (Å²) < 4.78 is 1.72. The van der Waals surface area contributed by atoms with Crippen molar-refractivity contribution in [3.8, 4) is 0 Å². The number of aliphatic hydroxyl groups is 2. The van der Waals surface area contributed by atoms with Gasteiger partial charge in [-0.05, 0) is 48.2 Å². The number of rotatable bonds is 10. The molecule has 9 heteroatoms. The second-order valence-electron chi connectivity index (χ2n) is 11.2. The molecule has 2 aliphatic heterocycles. The Bertz CT molecular complexity index is 1660. The molecule has 3 aromatic carbocycles. The van der Waals surface area contributed by atoms with Crippen molar-refractivity contribution in [1.82, 2.24) is 15.0 Å². The molecule has 2 amide bonds. The van der Waals surface area contributed by atoms with Crippen molar-refractivity contribution in [2.24, 2.45) is 5.92 Å². The molecule has 2 N–H and O–H groups in total. The largest absolute Gasteiger partial charge is 0.396 e. The summed E-state index contributed by atoms with van der Waals surface area (Å²) in [7, 11) is 0. The van der Waals surface area contributed by atoms with E-state index in [2.05, 4.69) is 16.4 Å². The van der Waals surface area contributed by atoms with E-state index >= 15 is 0 Å². The molecule has 0 bridgehead atoms. The van der Waals surface area contributed by atoms with Crippen LogP contribution >= 0.6 is 0 Å². The number of carbonyl (C=O) groups is 2. The Morgan fingerprint density at radius 3 is 2.51 bits per heavy atom. The van der Waals surface area contributed by atoms with Gasteiger partial charge in [-0.1, -0.05) is 72.8 Å². The van der Waals surface area contributed by atoms with E-state index < -0.39 is 11.5 Å². The summed E-state index contributed by atoms with van der Waals surface area (Å²) >= 11 is 0. The first kappa shape index (κ1) is 28.5. The van der Waals surface area contributed by atoms with Crippen LogP contribution in [0.25, 0.3) is 0 Å². The number of amides is 2. The summed E-state index contributed by atoms with van der Waals surface area (Å²) in [5.74, 6) is -0.769. The second-order valence-corrected chi connectivity index (χ2v) is 11.2. The summed E-state index contributed by atoms with van der Waals surface area (Å²) in [6, 6.07) is 23.1. The molecule has 220 valence electrons. The molecule has 0 radical (unpaired) electrons. The minimum Gasteiger partial charge on any atom is -0.396 e. The van der Waals surface area contributed by atoms with Crippen LogP contribution < -0.4 is 9.80 Å². The van der Waals surface area contributed by atoms with Crippen molar-refractivity contribution in [3.05, 3.63) is 114 Å². The Morgan fingerprint density at radius 2 is 1.72 bits per heavy atom. The monoisotopic (exact) mass is 577 g/mol. The maximum atomic E-state index is 13.9. The number of carbonyl (C=O) groups excluding carboxylic acids is 2. The standard InChI is InChI=1S/C34H35N5O4/c1-24(8-6-7-20-37-23-27(19-21-40)35-36-37)34(43)29-10-3-5-12-31(29)38(33(34)42)22-25-13-16-28(17-14-25)39-30-11-4-2-9-26(30)15-18-32(39)41/h2-6,8-14,16-17,23-24,40,43H,7,15,18-22H2,1H3/b8-6+/t24-,34+/m1/s1. The Labute approximate surface area is 250 Å². The number of fused-ring (bicyclic) bond motifs is 2. The van der Waals surface area contributed by atoms with E-state index in [1.54, 1.807) is 14.5 Å². The van der Waals surface area contributed by atoms with Crippen LogP contribution in [0.15, 0.2) is 91.1 Å². The Morgan fingerprint density at radius 1 is 0.977 bits per heavy atom. The highest BCUT2D eigenvalue weighted by Crippen LogP contribution is 2.45. The van der Waals surface area contributed by atoms with Gasteiger partial charge in [-0.3, -0.25) is 19.2 Å². The van der Waals surface area contributed by atoms with Gasteiger partial charge in [0.15, 0.2) is 5.60 Å². The molecule has 9 nitrogen and oxygen atoms in total. The quantitative estimate of drug-likeness (QED) is 0.270. The van der Waals surface area contributed by atoms with Gasteiger partial charge in [-0.2, -0.15) is 0 Å². The van der Waals surface area contributed by atoms with Gasteiger partial charge in [0.25, 0.3) is 5.91 Å². The minimum atomic E-state index is -1.70. The van der Waals surface area contributed by atoms with Gasteiger partial charge in [0.05, 0.1) is 23.6 Å². The highest BCUT2D eigenvalue weighted by molar-refractivity contribution is 6.07. The molecule has 3 heterocycles. The molecule has 4 aromatic rings. The lowest BCUT2D eigenvalue weighted by atomic mass is 9.83. The zero-order chi connectivity index (χ0) is 30.0. The predicted molar refractivity (Wildman–Crippen MR) is 164 cm³/mol. The number of anilines is 3. The number of hydrogen-bond acceptors (Lipinski definition) is 6. The zero-order valence-electron chi connectivity index (χ0n) is 24.1. The zero-order valence-corrected chi connectivity index (χ0v) is 24.1. The number of aromatic nitrogens is 3. The number of nitrogens with zero attached hydrogens (tertiary/aromatic N) is 5. The highest BCUT2D eigenvalue weighted by atomic mass is 16.3. The first-order chi connectivity index (χ1) is 20.9. The summed E-state index contributed by atoms with van der Waals surface area (Å²) in [6.07, 6.45) is 7.97. The van der Waals surface area contributed by atoms with Gasteiger partial charge in [0, 0.05) is 49.4 Å². The summed E-state index contributed by atoms with van der Waals surface area (Å²) in [4.78, 5) is 30.2. The molecule has 0 unspecified atom stereocenters. The molecule has 6 rings (SSSR count). The fraction of sp³-hybridized carbons (Fsp3) is 0.294. The number of allylic oxidation sites excluding steroid dienone is 1. The molecule has 2 atom stereocenters. The SMILES string of the molecule is C[C@H](/C=C/CCn1cc(CCO)nn1)[C@@]1(O)C(=O)N(Cc2ccc(N3C(=O)CCc4ccccc43)cc2)c2ccccc21. The lowest BCUT2D eigenvalue weighted by Gasteiger charge is -2.30. The van der Waals surface area contributed by atoms with Gasteiger partial charge >= 0.3 is 0 Å². The first-order valence-corrected chi connectivity index (χ1v) is 14.7. The van der Waals surface area contributed by atoms with Crippen LogP contribution in [0.2, 0.25) is 0 Å². The topological polar surface area (TPSA) is 112 Å². The smallest absolute Gasteiger partial charge is 0.264 e. The van der Waals surface area contributed by atoms with Gasteiger partial charge in [0.2, 0.25) is 5.91 Å². The van der Waals surface area contributed by atoms with E-state index in [9.17, 15) is 14.7 Å². The van der Waals surface area contributed by atoms with Crippen molar-refractivity contribution in [2.45, 2.75) is 51.3 Å². The highest BCUT2D eigenvalue weighted by Gasteiger charge is 2.52. The molecule has 0 aliphatic carbocycles. The lowest BCUT2D eigenvalue weighted by molar-refractivity contribution is -0.139. The second kappa shape index (κ2) is 11.9. The number of benzene rings is 3. The number of aliphatic hydroxyl groups excluding tert-OH is 1. The van der Waals surface area contributed by atoms with Crippen LogP contribution in [0.5, 0.6) is 0 Å². The molecule has 1 aromatic heterocycles. The normalized spacial score (nSPS) is 18.8. The average Bonchev–Trinajstić information content (AvgIpc) is 3.56. The Hall–Kier alpha value is -4.60. The maximum absolute atomic E-state index is 13.9. The predicted octanol–water partition coefficient (Wildman–Crippen LogP) is 4.44. The summed E-state index contributed by atoms with van der Waals surface area (Å²) in [5, 5.41) is 29.1. The van der Waals surface area contributed by atoms with Crippen molar-refractivity contribution in [3.63, 3.8) is 0 Å². The molecule has 0 saturated carbocycles. The molecular weight excluding hydrogens is 542 g/mol. The third-order valence-electron chi connectivity index (χ3n) is 8.36. The van der Waals surface area contributed by atoms with Gasteiger partial charge in [-0.15, -0.1) is 5.10 Å². The third kappa shape index (κ3) is 5.37. The summed E-state index contributed by atoms with van der Waals surface area (Å²) in [5.41, 5.74) is 4.08. The number of hydrogen-bond donors (Lipinski definition) is 2. The molecule has 0 fully saturated rings. The van der Waals surface area contributed by atoms with Crippen LogP contribution in [0.3, 0.4) is 0 Å². The fourth-order valence-electron chi connectivity index (χ4n) is 6.03. The molecule has 2 aliphatic rings. The van der Waals surface area contributed by atoms with Gasteiger partial charge in [0.1, 0.15) is 0 Å². The maximum Gasteiger partial charge on any atom is 0.264 e. The van der Waals surface area contributed by atoms with Crippen LogP contribution in [0.1, 0.15) is 42.1 Å². The van der Waals surface area contributed by atoms with Crippen LogP contribution in [0.4, 0.5) is 17.1 Å².